The van der Waals surface area contributed by atoms with Crippen molar-refractivity contribution in [3.8, 4) is 5.19 Å². The highest BCUT2D eigenvalue weighted by molar-refractivity contribution is 7.20. The number of halogens is 1. The van der Waals surface area contributed by atoms with Gasteiger partial charge < -0.3 is 4.74 Å². The lowest BCUT2D eigenvalue weighted by Crippen LogP contribution is -1.89. The Morgan fingerprint density at radius 3 is 3.08 bits per heavy atom. The standard InChI is InChI=1S/C9H8ClNOS/c1-2-12-9-11-8-6(10)4-3-5-7(8)13-9/h3-5H,2H2,1H3. The molecule has 2 aromatic rings. The number of fused-ring (bicyclic) bond motifs is 1. The summed E-state index contributed by atoms with van der Waals surface area (Å²) in [5.41, 5.74) is 0.831. The molecular formula is C9H8ClNOS. The van der Waals surface area contributed by atoms with Crippen LogP contribution < -0.4 is 4.74 Å². The summed E-state index contributed by atoms with van der Waals surface area (Å²) in [6, 6.07) is 5.74. The predicted octanol–water partition coefficient (Wildman–Crippen LogP) is 3.35. The van der Waals surface area contributed by atoms with Crippen LogP contribution in [0.4, 0.5) is 0 Å². The van der Waals surface area contributed by atoms with Gasteiger partial charge in [0.05, 0.1) is 16.3 Å². The van der Waals surface area contributed by atoms with Crippen molar-refractivity contribution in [3.63, 3.8) is 0 Å². The van der Waals surface area contributed by atoms with Crippen molar-refractivity contribution in [1.29, 1.82) is 0 Å². The summed E-state index contributed by atoms with van der Waals surface area (Å²) < 4.78 is 6.36. The summed E-state index contributed by atoms with van der Waals surface area (Å²) in [6.45, 7) is 2.57. The molecule has 0 saturated carbocycles. The maximum Gasteiger partial charge on any atom is 0.274 e. The van der Waals surface area contributed by atoms with Crippen LogP contribution >= 0.6 is 22.9 Å². The first-order valence-corrected chi connectivity index (χ1v) is 5.18. The second-order valence-electron chi connectivity index (χ2n) is 2.50. The van der Waals surface area contributed by atoms with Gasteiger partial charge in [0.1, 0.15) is 5.52 Å². The summed E-state index contributed by atoms with van der Waals surface area (Å²) in [5.74, 6) is 0. The molecule has 0 spiro atoms. The van der Waals surface area contributed by atoms with E-state index in [9.17, 15) is 0 Å². The molecule has 2 nitrogen and oxygen atoms in total. The van der Waals surface area contributed by atoms with Crippen molar-refractivity contribution in [2.24, 2.45) is 0 Å². The fourth-order valence-electron chi connectivity index (χ4n) is 1.08. The highest BCUT2D eigenvalue weighted by atomic mass is 35.5. The van der Waals surface area contributed by atoms with Gasteiger partial charge in [-0.15, -0.1) is 0 Å². The van der Waals surface area contributed by atoms with E-state index in [4.69, 9.17) is 16.3 Å². The van der Waals surface area contributed by atoms with E-state index in [-0.39, 0.29) is 0 Å². The van der Waals surface area contributed by atoms with Crippen LogP contribution in [0.1, 0.15) is 6.92 Å². The number of hydrogen-bond acceptors (Lipinski definition) is 3. The van der Waals surface area contributed by atoms with Crippen LogP contribution in [0.3, 0.4) is 0 Å². The van der Waals surface area contributed by atoms with Gasteiger partial charge in [0.2, 0.25) is 0 Å². The monoisotopic (exact) mass is 213 g/mol. The van der Waals surface area contributed by atoms with Gasteiger partial charge in [-0.2, -0.15) is 0 Å². The molecule has 0 aliphatic carbocycles. The number of aromatic nitrogens is 1. The second-order valence-corrected chi connectivity index (χ2v) is 3.90. The summed E-state index contributed by atoms with van der Waals surface area (Å²) in [7, 11) is 0. The molecule has 0 N–H and O–H groups in total. The second kappa shape index (κ2) is 3.52. The van der Waals surface area contributed by atoms with Crippen molar-refractivity contribution in [2.45, 2.75) is 6.92 Å². The zero-order valence-corrected chi connectivity index (χ0v) is 8.65. The molecule has 4 heteroatoms. The maximum atomic E-state index is 5.96. The topological polar surface area (TPSA) is 22.1 Å². The van der Waals surface area contributed by atoms with Crippen molar-refractivity contribution in [2.75, 3.05) is 6.61 Å². The van der Waals surface area contributed by atoms with Crippen LogP contribution in [0.2, 0.25) is 5.02 Å². The molecular weight excluding hydrogens is 206 g/mol. The van der Waals surface area contributed by atoms with E-state index < -0.39 is 0 Å². The molecule has 68 valence electrons. The van der Waals surface area contributed by atoms with E-state index in [2.05, 4.69) is 4.98 Å². The fraction of sp³-hybridized carbons (Fsp3) is 0.222. The Hall–Kier alpha value is -0.800. The zero-order valence-electron chi connectivity index (χ0n) is 7.08. The Labute approximate surface area is 85.1 Å². The molecule has 0 unspecified atom stereocenters. The summed E-state index contributed by atoms with van der Waals surface area (Å²) >= 11 is 7.48. The number of benzene rings is 1. The highest BCUT2D eigenvalue weighted by Gasteiger charge is 2.06. The molecule has 0 amide bonds. The molecule has 0 fully saturated rings. The molecule has 0 radical (unpaired) electrons. The Morgan fingerprint density at radius 2 is 2.38 bits per heavy atom. The van der Waals surface area contributed by atoms with E-state index in [1.165, 1.54) is 11.3 Å². The summed E-state index contributed by atoms with van der Waals surface area (Å²) in [5, 5.41) is 1.37. The van der Waals surface area contributed by atoms with Crippen molar-refractivity contribution in [3.05, 3.63) is 23.2 Å². The van der Waals surface area contributed by atoms with Gasteiger partial charge in [-0.1, -0.05) is 29.0 Å². The first-order valence-electron chi connectivity index (χ1n) is 3.99. The largest absolute Gasteiger partial charge is 0.470 e. The van der Waals surface area contributed by atoms with E-state index >= 15 is 0 Å². The van der Waals surface area contributed by atoms with Crippen LogP contribution in [-0.2, 0) is 0 Å². The number of thiazole rings is 1. The van der Waals surface area contributed by atoms with Gasteiger partial charge in [0.25, 0.3) is 5.19 Å². The molecule has 0 aliphatic rings. The van der Waals surface area contributed by atoms with Crippen LogP contribution in [-0.4, -0.2) is 11.6 Å². The Morgan fingerprint density at radius 1 is 1.54 bits per heavy atom. The third-order valence-electron chi connectivity index (χ3n) is 1.62. The zero-order chi connectivity index (χ0) is 9.26. The van der Waals surface area contributed by atoms with Gasteiger partial charge in [-0.25, -0.2) is 4.98 Å². The average molecular weight is 214 g/mol. The van der Waals surface area contributed by atoms with Gasteiger partial charge in [0, 0.05) is 0 Å². The molecule has 0 aliphatic heterocycles. The number of ether oxygens (including phenoxy) is 1. The quantitative estimate of drug-likeness (QED) is 0.763. The first kappa shape index (κ1) is 8.78. The molecule has 1 heterocycles. The van der Waals surface area contributed by atoms with Crippen LogP contribution in [0.25, 0.3) is 10.2 Å². The molecule has 2 rings (SSSR count). The lowest BCUT2D eigenvalue weighted by Gasteiger charge is -1.92. The van der Waals surface area contributed by atoms with Crippen LogP contribution in [0, 0.1) is 0 Å². The van der Waals surface area contributed by atoms with E-state index in [1.54, 1.807) is 0 Å². The number of rotatable bonds is 2. The van der Waals surface area contributed by atoms with Crippen LogP contribution in [0.5, 0.6) is 5.19 Å². The minimum Gasteiger partial charge on any atom is -0.470 e. The van der Waals surface area contributed by atoms with E-state index in [0.29, 0.717) is 16.8 Å². The minimum absolute atomic E-state index is 0.636. The molecule has 1 aromatic carbocycles. The van der Waals surface area contributed by atoms with E-state index in [0.717, 1.165) is 10.2 Å². The molecule has 0 saturated heterocycles. The van der Waals surface area contributed by atoms with Gasteiger partial charge in [0.15, 0.2) is 0 Å². The lowest BCUT2D eigenvalue weighted by atomic mass is 10.3. The Balaban J connectivity index is 2.55. The Bertz CT molecular complexity index is 426. The average Bonchev–Trinajstić information content (AvgIpc) is 2.49. The molecule has 1 aromatic heterocycles. The Kier molecular flexibility index (Phi) is 2.38. The van der Waals surface area contributed by atoms with Gasteiger partial charge in [-0.05, 0) is 19.1 Å². The third kappa shape index (κ3) is 1.62. The van der Waals surface area contributed by atoms with Gasteiger partial charge >= 0.3 is 0 Å². The molecule has 0 bridgehead atoms. The maximum absolute atomic E-state index is 5.96. The fourth-order valence-corrected chi connectivity index (χ4v) is 2.25. The van der Waals surface area contributed by atoms with E-state index in [1.807, 2.05) is 25.1 Å². The smallest absolute Gasteiger partial charge is 0.274 e. The SMILES string of the molecule is CCOc1nc2c(Cl)cccc2s1. The third-order valence-corrected chi connectivity index (χ3v) is 2.86. The molecule has 0 atom stereocenters. The number of hydrogen-bond donors (Lipinski definition) is 0. The predicted molar refractivity (Wildman–Crippen MR) is 55.8 cm³/mol. The number of nitrogens with zero attached hydrogens (tertiary/aromatic N) is 1. The highest BCUT2D eigenvalue weighted by Crippen LogP contribution is 2.31. The van der Waals surface area contributed by atoms with Gasteiger partial charge in [-0.3, -0.25) is 0 Å². The van der Waals surface area contributed by atoms with Crippen molar-refractivity contribution < 1.29 is 4.74 Å². The number of para-hydroxylation sites is 1. The van der Waals surface area contributed by atoms with Crippen molar-refractivity contribution in [1.82, 2.24) is 4.98 Å². The first-order chi connectivity index (χ1) is 6.31. The normalized spacial score (nSPS) is 10.6. The summed E-state index contributed by atoms with van der Waals surface area (Å²) in [6.07, 6.45) is 0. The lowest BCUT2D eigenvalue weighted by molar-refractivity contribution is 0.339. The minimum atomic E-state index is 0.636. The van der Waals surface area contributed by atoms with Crippen molar-refractivity contribution >= 4 is 33.2 Å². The summed E-state index contributed by atoms with van der Waals surface area (Å²) in [4.78, 5) is 4.27. The molecule has 13 heavy (non-hydrogen) atoms. The van der Waals surface area contributed by atoms with Crippen LogP contribution in [0.15, 0.2) is 18.2 Å².